The van der Waals surface area contributed by atoms with E-state index in [9.17, 15) is 0 Å². The Morgan fingerprint density at radius 1 is 1.44 bits per heavy atom. The van der Waals surface area contributed by atoms with Gasteiger partial charge in [0, 0.05) is 24.2 Å². The van der Waals surface area contributed by atoms with Crippen molar-refractivity contribution in [2.75, 3.05) is 7.05 Å². The number of hydrogen-bond acceptors (Lipinski definition) is 5. The number of pyridine rings is 1. The number of aromatic nitrogens is 3. The number of rotatable bonds is 4. The second-order valence-electron chi connectivity index (χ2n) is 3.74. The Bertz CT molecular complexity index is 415. The van der Waals surface area contributed by atoms with Crippen LogP contribution in [0.3, 0.4) is 0 Å². The van der Waals surface area contributed by atoms with Gasteiger partial charge in [-0.3, -0.25) is 9.88 Å². The predicted molar refractivity (Wildman–Crippen MR) is 64.0 cm³/mol. The van der Waals surface area contributed by atoms with E-state index in [-0.39, 0.29) is 6.04 Å². The van der Waals surface area contributed by atoms with Crippen molar-refractivity contribution in [3.8, 4) is 0 Å². The Labute approximate surface area is 99.1 Å². The molecule has 2 heterocycles. The van der Waals surface area contributed by atoms with Crippen LogP contribution in [0, 0.1) is 0 Å². The third-order valence-corrected chi connectivity index (χ3v) is 3.15. The van der Waals surface area contributed by atoms with Gasteiger partial charge in [0.25, 0.3) is 0 Å². The van der Waals surface area contributed by atoms with Crippen LogP contribution < -0.4 is 0 Å². The second kappa shape index (κ2) is 5.14. The molecule has 84 valence electrons. The average Bonchev–Trinajstić information content (AvgIpc) is 2.82. The van der Waals surface area contributed by atoms with Crippen molar-refractivity contribution < 1.29 is 0 Å². The van der Waals surface area contributed by atoms with Crippen LogP contribution in [0.5, 0.6) is 0 Å². The molecule has 0 aliphatic rings. The van der Waals surface area contributed by atoms with Crippen molar-refractivity contribution >= 4 is 11.5 Å². The molecule has 5 heteroatoms. The van der Waals surface area contributed by atoms with Crippen LogP contribution in [-0.4, -0.2) is 26.5 Å². The summed E-state index contributed by atoms with van der Waals surface area (Å²) < 4.78 is 3.86. The zero-order valence-electron chi connectivity index (χ0n) is 9.37. The van der Waals surface area contributed by atoms with Gasteiger partial charge in [0.1, 0.15) is 0 Å². The van der Waals surface area contributed by atoms with E-state index in [1.807, 2.05) is 29.8 Å². The lowest BCUT2D eigenvalue weighted by Gasteiger charge is -2.22. The Hall–Kier alpha value is -1.33. The summed E-state index contributed by atoms with van der Waals surface area (Å²) in [7, 11) is 2.07. The first-order valence-electron chi connectivity index (χ1n) is 5.14. The molecule has 0 bridgehead atoms. The molecule has 0 saturated carbocycles. The van der Waals surface area contributed by atoms with Crippen molar-refractivity contribution in [2.24, 2.45) is 0 Å². The lowest BCUT2D eigenvalue weighted by atomic mass is 10.2. The summed E-state index contributed by atoms with van der Waals surface area (Å²) in [5.41, 5.74) is 2.09. The third kappa shape index (κ3) is 2.62. The largest absolute Gasteiger partial charge is 0.292 e. The molecule has 0 radical (unpaired) electrons. The third-order valence-electron chi connectivity index (χ3n) is 2.59. The highest BCUT2D eigenvalue weighted by Crippen LogP contribution is 2.17. The smallest absolute Gasteiger partial charge is 0.0895 e. The Balaban J connectivity index is 2.02. The standard InChI is InChI=1S/C11H14N4S/c1-9(11-5-3-4-6-12-11)15(2)7-10-8-16-14-13-10/h3-6,8-9H,7H2,1-2H3/t9-/m0/s1. The molecular weight excluding hydrogens is 220 g/mol. The van der Waals surface area contributed by atoms with Crippen LogP contribution in [0.4, 0.5) is 0 Å². The van der Waals surface area contributed by atoms with E-state index >= 15 is 0 Å². The van der Waals surface area contributed by atoms with Gasteiger partial charge in [-0.2, -0.15) is 0 Å². The van der Waals surface area contributed by atoms with Crippen molar-refractivity contribution in [3.63, 3.8) is 0 Å². The molecule has 16 heavy (non-hydrogen) atoms. The van der Waals surface area contributed by atoms with E-state index in [1.54, 1.807) is 0 Å². The molecule has 0 N–H and O–H groups in total. The van der Waals surface area contributed by atoms with Gasteiger partial charge in [0.2, 0.25) is 0 Å². The first-order chi connectivity index (χ1) is 7.77. The minimum Gasteiger partial charge on any atom is -0.292 e. The minimum absolute atomic E-state index is 0.280. The van der Waals surface area contributed by atoms with Gasteiger partial charge in [-0.1, -0.05) is 10.6 Å². The molecule has 0 saturated heterocycles. The Morgan fingerprint density at radius 3 is 2.94 bits per heavy atom. The zero-order chi connectivity index (χ0) is 11.4. The molecule has 2 aromatic rings. The fourth-order valence-electron chi connectivity index (χ4n) is 1.49. The molecule has 2 aromatic heterocycles. The van der Waals surface area contributed by atoms with Gasteiger partial charge in [-0.15, -0.1) is 5.10 Å². The highest BCUT2D eigenvalue weighted by Gasteiger charge is 2.13. The molecule has 0 unspecified atom stereocenters. The van der Waals surface area contributed by atoms with Gasteiger partial charge < -0.3 is 0 Å². The first kappa shape index (κ1) is 11.2. The number of hydrogen-bond donors (Lipinski definition) is 0. The first-order valence-corrected chi connectivity index (χ1v) is 5.98. The van der Waals surface area contributed by atoms with Crippen LogP contribution in [-0.2, 0) is 6.54 Å². The summed E-state index contributed by atoms with van der Waals surface area (Å²) in [6.45, 7) is 2.94. The lowest BCUT2D eigenvalue weighted by Crippen LogP contribution is -2.22. The van der Waals surface area contributed by atoms with Crippen molar-refractivity contribution in [1.82, 2.24) is 19.5 Å². The van der Waals surface area contributed by atoms with Crippen LogP contribution in [0.1, 0.15) is 24.4 Å². The van der Waals surface area contributed by atoms with Gasteiger partial charge >= 0.3 is 0 Å². The highest BCUT2D eigenvalue weighted by molar-refractivity contribution is 7.03. The summed E-state index contributed by atoms with van der Waals surface area (Å²) >= 11 is 1.39. The van der Waals surface area contributed by atoms with Crippen molar-refractivity contribution in [2.45, 2.75) is 19.5 Å². The zero-order valence-corrected chi connectivity index (χ0v) is 10.2. The predicted octanol–water partition coefficient (Wildman–Crippen LogP) is 2.13. The molecule has 0 aromatic carbocycles. The van der Waals surface area contributed by atoms with E-state index in [0.29, 0.717) is 0 Å². The van der Waals surface area contributed by atoms with E-state index in [4.69, 9.17) is 0 Å². The van der Waals surface area contributed by atoms with E-state index in [0.717, 1.165) is 17.9 Å². The SMILES string of the molecule is C[C@@H](c1ccccn1)N(C)Cc1csnn1. The monoisotopic (exact) mass is 234 g/mol. The Morgan fingerprint density at radius 2 is 2.31 bits per heavy atom. The van der Waals surface area contributed by atoms with Crippen molar-refractivity contribution in [3.05, 3.63) is 41.2 Å². The Kier molecular flexibility index (Phi) is 3.58. The normalized spacial score (nSPS) is 12.9. The lowest BCUT2D eigenvalue weighted by molar-refractivity contribution is 0.246. The maximum Gasteiger partial charge on any atom is 0.0895 e. The highest BCUT2D eigenvalue weighted by atomic mass is 32.1. The topological polar surface area (TPSA) is 41.9 Å². The molecule has 0 aliphatic heterocycles. The fourth-order valence-corrected chi connectivity index (χ4v) is 1.94. The summed E-state index contributed by atoms with van der Waals surface area (Å²) in [6.07, 6.45) is 1.82. The molecule has 4 nitrogen and oxygen atoms in total. The van der Waals surface area contributed by atoms with Crippen LogP contribution in [0.25, 0.3) is 0 Å². The van der Waals surface area contributed by atoms with Crippen LogP contribution in [0.2, 0.25) is 0 Å². The van der Waals surface area contributed by atoms with Gasteiger partial charge in [-0.25, -0.2) is 0 Å². The maximum absolute atomic E-state index is 4.35. The summed E-state index contributed by atoms with van der Waals surface area (Å²) in [4.78, 5) is 6.56. The quantitative estimate of drug-likeness (QED) is 0.812. The van der Waals surface area contributed by atoms with Gasteiger partial charge in [0.05, 0.1) is 11.4 Å². The van der Waals surface area contributed by atoms with E-state index in [2.05, 4.69) is 33.4 Å². The number of nitrogens with zero attached hydrogens (tertiary/aromatic N) is 4. The van der Waals surface area contributed by atoms with E-state index < -0.39 is 0 Å². The van der Waals surface area contributed by atoms with Gasteiger partial charge in [-0.05, 0) is 37.6 Å². The average molecular weight is 234 g/mol. The van der Waals surface area contributed by atoms with E-state index in [1.165, 1.54) is 11.5 Å². The van der Waals surface area contributed by atoms with Gasteiger partial charge in [0.15, 0.2) is 0 Å². The molecular formula is C11H14N4S. The summed E-state index contributed by atoms with van der Waals surface area (Å²) in [5.74, 6) is 0. The molecule has 1 atom stereocenters. The minimum atomic E-state index is 0.280. The van der Waals surface area contributed by atoms with Crippen LogP contribution in [0.15, 0.2) is 29.8 Å². The molecule has 0 aliphatic carbocycles. The molecule has 2 rings (SSSR count). The molecule has 0 amide bonds. The molecule has 0 fully saturated rings. The van der Waals surface area contributed by atoms with Crippen molar-refractivity contribution in [1.29, 1.82) is 0 Å². The second-order valence-corrected chi connectivity index (χ2v) is 4.35. The maximum atomic E-state index is 4.35. The summed E-state index contributed by atoms with van der Waals surface area (Å²) in [6, 6.07) is 6.26. The molecule has 0 spiro atoms. The fraction of sp³-hybridized carbons (Fsp3) is 0.364. The summed E-state index contributed by atoms with van der Waals surface area (Å²) in [5, 5.41) is 6.01. The van der Waals surface area contributed by atoms with Crippen LogP contribution >= 0.6 is 11.5 Å².